The average molecular weight is 302 g/mol. The zero-order chi connectivity index (χ0) is 15.3. The average Bonchev–Trinajstić information content (AvgIpc) is 2.38. The monoisotopic (exact) mass is 301 g/mol. The number of hydrogen-bond donors (Lipinski definition) is 3. The van der Waals surface area contributed by atoms with Crippen LogP contribution in [0.25, 0.3) is 0 Å². The molecule has 110 valence electrons. The van der Waals surface area contributed by atoms with Crippen LogP contribution in [-0.4, -0.2) is 32.2 Å². The number of carbonyl (C=O) groups is 2. The lowest BCUT2D eigenvalue weighted by atomic mass is 10.2. The Balaban J connectivity index is 2.94. The topological polar surface area (TPSA) is 103 Å². The zero-order valence-electron chi connectivity index (χ0n) is 11.3. The molecule has 0 saturated heterocycles. The van der Waals surface area contributed by atoms with Crippen LogP contribution in [0.3, 0.4) is 0 Å². The van der Waals surface area contributed by atoms with Crippen LogP contribution in [0.5, 0.6) is 11.5 Å². The van der Waals surface area contributed by atoms with Gasteiger partial charge in [0.05, 0.1) is 24.9 Å². The van der Waals surface area contributed by atoms with Gasteiger partial charge in [-0.2, -0.15) is 0 Å². The summed E-state index contributed by atoms with van der Waals surface area (Å²) >= 11 is 6.01. The molecule has 0 unspecified atom stereocenters. The van der Waals surface area contributed by atoms with Gasteiger partial charge < -0.3 is 20.5 Å². The van der Waals surface area contributed by atoms with E-state index >= 15 is 0 Å². The molecule has 0 aliphatic heterocycles. The predicted octanol–water partition coefficient (Wildman–Crippen LogP) is 1.35. The quantitative estimate of drug-likeness (QED) is 0.762. The van der Waals surface area contributed by atoms with Gasteiger partial charge in [0.15, 0.2) is 0 Å². The van der Waals surface area contributed by atoms with Gasteiger partial charge in [-0.15, -0.1) is 0 Å². The van der Waals surface area contributed by atoms with Crippen molar-refractivity contribution in [2.45, 2.75) is 13.0 Å². The lowest BCUT2D eigenvalue weighted by Gasteiger charge is -2.17. The van der Waals surface area contributed by atoms with Gasteiger partial charge >= 0.3 is 6.03 Å². The Bertz CT molecular complexity index is 522. The lowest BCUT2D eigenvalue weighted by Crippen LogP contribution is -2.43. The molecule has 3 amide bonds. The van der Waals surface area contributed by atoms with Crippen LogP contribution in [0.4, 0.5) is 10.5 Å². The molecule has 1 atom stereocenters. The summed E-state index contributed by atoms with van der Waals surface area (Å²) in [6, 6.07) is 1.53. The number of methoxy groups -OCH3 is 2. The molecule has 7 nitrogen and oxygen atoms in total. The Morgan fingerprint density at radius 3 is 2.35 bits per heavy atom. The molecule has 1 aromatic rings. The summed E-state index contributed by atoms with van der Waals surface area (Å²) in [5, 5.41) is 5.21. The second-order valence-corrected chi connectivity index (χ2v) is 4.31. The van der Waals surface area contributed by atoms with Crippen LogP contribution >= 0.6 is 11.6 Å². The van der Waals surface area contributed by atoms with Crippen molar-refractivity contribution < 1.29 is 19.1 Å². The van der Waals surface area contributed by atoms with Crippen LogP contribution < -0.4 is 25.8 Å². The molecular weight excluding hydrogens is 286 g/mol. The maximum absolute atomic E-state index is 11.6. The minimum absolute atomic E-state index is 0.360. The minimum atomic E-state index is -0.914. The number of urea groups is 1. The Hall–Kier alpha value is -2.15. The van der Waals surface area contributed by atoms with E-state index in [0.717, 1.165) is 0 Å². The van der Waals surface area contributed by atoms with Crippen molar-refractivity contribution in [3.8, 4) is 11.5 Å². The van der Waals surface area contributed by atoms with Crippen molar-refractivity contribution >= 4 is 29.2 Å². The summed E-state index contributed by atoms with van der Waals surface area (Å²) in [5.41, 5.74) is 5.37. The molecule has 0 fully saturated rings. The number of benzene rings is 1. The molecule has 1 aromatic carbocycles. The number of rotatable bonds is 5. The summed E-state index contributed by atoms with van der Waals surface area (Å²) in [4.78, 5) is 22.2. The Labute approximate surface area is 121 Å². The molecule has 0 aliphatic carbocycles. The molecule has 20 heavy (non-hydrogen) atoms. The molecule has 0 radical (unpaired) electrons. The first-order chi connectivity index (χ1) is 9.38. The highest BCUT2D eigenvalue weighted by Gasteiger charge is 2.17. The zero-order valence-corrected chi connectivity index (χ0v) is 12.1. The summed E-state index contributed by atoms with van der Waals surface area (Å²) in [6.45, 7) is 1.57. The first-order valence-electron chi connectivity index (χ1n) is 5.67. The predicted molar refractivity (Wildman–Crippen MR) is 75.4 cm³/mol. The first kappa shape index (κ1) is 15.9. The fourth-order valence-electron chi connectivity index (χ4n) is 1.50. The molecule has 4 N–H and O–H groups in total. The Morgan fingerprint density at radius 1 is 1.25 bits per heavy atom. The van der Waals surface area contributed by atoms with Crippen molar-refractivity contribution in [2.75, 3.05) is 19.5 Å². The van der Waals surface area contributed by atoms with Crippen molar-refractivity contribution in [3.63, 3.8) is 0 Å². The number of halogens is 1. The van der Waals surface area contributed by atoms with E-state index in [1.54, 1.807) is 19.1 Å². The molecule has 0 aliphatic rings. The van der Waals surface area contributed by atoms with E-state index in [1.165, 1.54) is 14.2 Å². The fraction of sp³-hybridized carbons (Fsp3) is 0.333. The van der Waals surface area contributed by atoms with E-state index < -0.39 is 18.0 Å². The number of hydrogen-bond acceptors (Lipinski definition) is 5. The van der Waals surface area contributed by atoms with Crippen LogP contribution in [0, 0.1) is 0 Å². The first-order valence-corrected chi connectivity index (χ1v) is 6.05. The SMILES string of the molecule is COc1cc(OC)c(N[C@@H](C)C(=O)NC(N)=O)cc1Cl. The largest absolute Gasteiger partial charge is 0.495 e. The van der Waals surface area contributed by atoms with Crippen molar-refractivity contribution in [3.05, 3.63) is 17.2 Å². The number of imide groups is 1. The Kier molecular flexibility index (Phi) is 5.45. The van der Waals surface area contributed by atoms with Gasteiger partial charge in [0.2, 0.25) is 5.91 Å². The Morgan fingerprint density at radius 2 is 1.85 bits per heavy atom. The fourth-order valence-corrected chi connectivity index (χ4v) is 1.74. The molecule has 0 saturated carbocycles. The minimum Gasteiger partial charge on any atom is -0.495 e. The highest BCUT2D eigenvalue weighted by atomic mass is 35.5. The molecule has 8 heteroatoms. The van der Waals surface area contributed by atoms with E-state index in [1.807, 2.05) is 5.32 Å². The van der Waals surface area contributed by atoms with Gasteiger partial charge in [-0.3, -0.25) is 10.1 Å². The standard InChI is InChI=1S/C12H16ClN3O4/c1-6(11(17)16-12(14)18)15-8-4-7(13)9(19-2)5-10(8)20-3/h4-6,15H,1-3H3,(H3,14,16,17,18)/t6-/m0/s1. The number of nitrogens with two attached hydrogens (primary N) is 1. The van der Waals surface area contributed by atoms with Crippen LogP contribution in [-0.2, 0) is 4.79 Å². The number of amides is 3. The van der Waals surface area contributed by atoms with E-state index in [9.17, 15) is 9.59 Å². The molecule has 0 spiro atoms. The van der Waals surface area contributed by atoms with Crippen LogP contribution in [0.2, 0.25) is 5.02 Å². The lowest BCUT2D eigenvalue weighted by molar-refractivity contribution is -0.120. The number of ether oxygens (including phenoxy) is 2. The number of primary amides is 1. The molecular formula is C12H16ClN3O4. The summed E-state index contributed by atoms with van der Waals surface area (Å²) in [6.07, 6.45) is 0. The van der Waals surface area contributed by atoms with E-state index in [0.29, 0.717) is 22.2 Å². The summed E-state index contributed by atoms with van der Waals surface area (Å²) in [5.74, 6) is 0.333. The summed E-state index contributed by atoms with van der Waals surface area (Å²) < 4.78 is 10.2. The molecule has 1 rings (SSSR count). The van der Waals surface area contributed by atoms with E-state index in [2.05, 4.69) is 5.32 Å². The maximum atomic E-state index is 11.6. The van der Waals surface area contributed by atoms with Crippen molar-refractivity contribution in [1.82, 2.24) is 5.32 Å². The van der Waals surface area contributed by atoms with Gasteiger partial charge in [-0.1, -0.05) is 11.6 Å². The van der Waals surface area contributed by atoms with Crippen molar-refractivity contribution in [2.24, 2.45) is 5.73 Å². The number of anilines is 1. The number of nitrogens with one attached hydrogen (secondary N) is 2. The third kappa shape index (κ3) is 3.92. The molecule has 0 bridgehead atoms. The van der Waals surface area contributed by atoms with Gasteiger partial charge in [-0.25, -0.2) is 4.79 Å². The van der Waals surface area contributed by atoms with E-state index in [-0.39, 0.29) is 0 Å². The number of carbonyl (C=O) groups excluding carboxylic acids is 2. The molecule has 0 aromatic heterocycles. The van der Waals surface area contributed by atoms with Gasteiger partial charge in [0, 0.05) is 6.07 Å². The van der Waals surface area contributed by atoms with Crippen LogP contribution in [0.1, 0.15) is 6.92 Å². The van der Waals surface area contributed by atoms with Crippen LogP contribution in [0.15, 0.2) is 12.1 Å². The van der Waals surface area contributed by atoms with Crippen molar-refractivity contribution in [1.29, 1.82) is 0 Å². The smallest absolute Gasteiger partial charge is 0.318 e. The second kappa shape index (κ2) is 6.85. The summed E-state index contributed by atoms with van der Waals surface area (Å²) in [7, 11) is 2.96. The third-order valence-corrected chi connectivity index (χ3v) is 2.78. The second-order valence-electron chi connectivity index (χ2n) is 3.91. The highest BCUT2D eigenvalue weighted by Crippen LogP contribution is 2.36. The van der Waals surface area contributed by atoms with E-state index in [4.69, 9.17) is 26.8 Å². The van der Waals surface area contributed by atoms with Gasteiger partial charge in [-0.05, 0) is 13.0 Å². The highest BCUT2D eigenvalue weighted by molar-refractivity contribution is 6.32. The third-order valence-electron chi connectivity index (χ3n) is 2.49. The van der Waals surface area contributed by atoms with Gasteiger partial charge in [0.1, 0.15) is 17.5 Å². The maximum Gasteiger partial charge on any atom is 0.318 e. The normalized spacial score (nSPS) is 11.4. The van der Waals surface area contributed by atoms with Gasteiger partial charge in [0.25, 0.3) is 0 Å². The molecule has 0 heterocycles.